The van der Waals surface area contributed by atoms with Crippen molar-refractivity contribution in [3.05, 3.63) is 23.9 Å². The zero-order valence-corrected chi connectivity index (χ0v) is 7.69. The molecule has 0 radical (unpaired) electrons. The smallest absolute Gasteiger partial charge is 0.307 e. The van der Waals surface area contributed by atoms with E-state index in [2.05, 4.69) is 4.98 Å². The number of nitrogens with one attached hydrogen (secondary N) is 1. The number of rotatable bonds is 2. The maximum atomic E-state index is 10.6. The number of fused-ring (bicyclic) bond motifs is 1. The lowest BCUT2D eigenvalue weighted by Crippen LogP contribution is -2.00. The van der Waals surface area contributed by atoms with E-state index in [4.69, 9.17) is 5.11 Å². The van der Waals surface area contributed by atoms with E-state index in [0.717, 1.165) is 0 Å². The molecule has 0 fully saturated rings. The summed E-state index contributed by atoms with van der Waals surface area (Å²) in [4.78, 5) is 13.4. The van der Waals surface area contributed by atoms with Gasteiger partial charge in [-0.3, -0.25) is 4.79 Å². The predicted octanol–water partition coefficient (Wildman–Crippen LogP) is 1.21. The van der Waals surface area contributed by atoms with Crippen molar-refractivity contribution in [2.45, 2.75) is 6.42 Å². The molecule has 15 heavy (non-hydrogen) atoms. The molecule has 1 heterocycles. The third-order valence-electron chi connectivity index (χ3n) is 2.24. The molecule has 0 aliphatic heterocycles. The highest BCUT2D eigenvalue weighted by molar-refractivity contribution is 5.90. The summed E-state index contributed by atoms with van der Waals surface area (Å²) in [5, 5.41) is 28.2. The molecule has 0 aliphatic rings. The summed E-state index contributed by atoms with van der Waals surface area (Å²) >= 11 is 0. The molecule has 0 atom stereocenters. The van der Waals surface area contributed by atoms with Crippen molar-refractivity contribution in [2.24, 2.45) is 0 Å². The Bertz CT molecular complexity index is 529. The molecule has 78 valence electrons. The lowest BCUT2D eigenvalue weighted by atomic mass is 10.1. The van der Waals surface area contributed by atoms with E-state index in [0.29, 0.717) is 10.9 Å². The molecule has 1 aromatic heterocycles. The van der Waals surface area contributed by atoms with Crippen molar-refractivity contribution < 1.29 is 20.1 Å². The second kappa shape index (κ2) is 3.20. The first-order valence-corrected chi connectivity index (χ1v) is 4.32. The molecular formula is C10H9NO4. The minimum atomic E-state index is -1.06. The first kappa shape index (κ1) is 9.39. The lowest BCUT2D eigenvalue weighted by Gasteiger charge is -2.05. The van der Waals surface area contributed by atoms with E-state index in [9.17, 15) is 15.0 Å². The fourth-order valence-electron chi connectivity index (χ4n) is 1.58. The van der Waals surface area contributed by atoms with Crippen LogP contribution in [0.2, 0.25) is 0 Å². The Morgan fingerprint density at radius 2 is 2.13 bits per heavy atom. The maximum absolute atomic E-state index is 10.6. The number of aliphatic carboxylic acids is 1. The minimum Gasteiger partial charge on any atom is -0.504 e. The van der Waals surface area contributed by atoms with Crippen LogP contribution in [0.15, 0.2) is 18.3 Å². The number of benzene rings is 1. The number of hydrogen-bond donors (Lipinski definition) is 4. The fraction of sp³-hybridized carbons (Fsp3) is 0.100. The molecule has 2 rings (SSSR count). The Balaban J connectivity index is 2.71. The normalized spacial score (nSPS) is 10.7. The average Bonchev–Trinajstić information content (AvgIpc) is 2.59. The molecule has 0 saturated heterocycles. The molecule has 0 bridgehead atoms. The van der Waals surface area contributed by atoms with Crippen LogP contribution in [0.25, 0.3) is 10.9 Å². The largest absolute Gasteiger partial charge is 0.504 e. The summed E-state index contributed by atoms with van der Waals surface area (Å²) in [6, 6.07) is 3.02. The molecule has 0 unspecified atom stereocenters. The molecule has 2 aromatic rings. The van der Waals surface area contributed by atoms with Crippen LogP contribution < -0.4 is 0 Å². The number of carboxylic acid groups (broad SMARTS) is 1. The van der Waals surface area contributed by atoms with Crippen molar-refractivity contribution in [1.82, 2.24) is 4.98 Å². The molecule has 0 amide bonds. The zero-order chi connectivity index (χ0) is 11.0. The Labute approximate surface area is 84.6 Å². The number of aromatic hydroxyl groups is 2. The minimum absolute atomic E-state index is 0.221. The van der Waals surface area contributed by atoms with Crippen LogP contribution in [-0.4, -0.2) is 26.3 Å². The summed E-state index contributed by atoms with van der Waals surface area (Å²) in [6.07, 6.45) is 1.30. The SMILES string of the molecule is O=C(O)Cc1c(O)c(O)cc2[nH]ccc12. The van der Waals surface area contributed by atoms with E-state index in [1.54, 1.807) is 12.3 Å². The molecule has 4 N–H and O–H groups in total. The number of carboxylic acids is 1. The highest BCUT2D eigenvalue weighted by Gasteiger charge is 2.15. The highest BCUT2D eigenvalue weighted by atomic mass is 16.4. The van der Waals surface area contributed by atoms with Gasteiger partial charge in [-0.2, -0.15) is 0 Å². The molecule has 1 aromatic carbocycles. The van der Waals surface area contributed by atoms with Crippen LogP contribution in [0.3, 0.4) is 0 Å². The van der Waals surface area contributed by atoms with Gasteiger partial charge in [0.25, 0.3) is 0 Å². The second-order valence-electron chi connectivity index (χ2n) is 3.23. The first-order valence-electron chi connectivity index (χ1n) is 4.32. The fourth-order valence-corrected chi connectivity index (χ4v) is 1.58. The number of phenolic OH excluding ortho intramolecular Hbond substituents is 2. The van der Waals surface area contributed by atoms with Crippen LogP contribution in [0.1, 0.15) is 5.56 Å². The molecule has 5 nitrogen and oxygen atoms in total. The van der Waals surface area contributed by atoms with Gasteiger partial charge in [-0.15, -0.1) is 0 Å². The van der Waals surface area contributed by atoms with Gasteiger partial charge in [-0.1, -0.05) is 0 Å². The van der Waals surface area contributed by atoms with E-state index in [1.165, 1.54) is 6.07 Å². The van der Waals surface area contributed by atoms with Crippen molar-refractivity contribution in [3.8, 4) is 11.5 Å². The van der Waals surface area contributed by atoms with Gasteiger partial charge in [0, 0.05) is 28.7 Å². The molecule has 0 aliphatic carbocycles. The van der Waals surface area contributed by atoms with Crippen molar-refractivity contribution in [3.63, 3.8) is 0 Å². The topological polar surface area (TPSA) is 93.6 Å². The van der Waals surface area contributed by atoms with Crippen molar-refractivity contribution in [1.29, 1.82) is 0 Å². The number of H-pyrrole nitrogens is 1. The summed E-state index contributed by atoms with van der Waals surface area (Å²) in [7, 11) is 0. The Hall–Kier alpha value is -2.17. The van der Waals surface area contributed by atoms with Gasteiger partial charge in [0.05, 0.1) is 6.42 Å². The van der Waals surface area contributed by atoms with Gasteiger partial charge in [0.15, 0.2) is 11.5 Å². The van der Waals surface area contributed by atoms with Crippen molar-refractivity contribution in [2.75, 3.05) is 0 Å². The summed E-state index contributed by atoms with van der Waals surface area (Å²) in [5.41, 5.74) is 0.820. The van der Waals surface area contributed by atoms with E-state index in [1.807, 2.05) is 0 Å². The van der Waals surface area contributed by atoms with Crippen LogP contribution >= 0.6 is 0 Å². The Kier molecular flexibility index (Phi) is 2.00. The lowest BCUT2D eigenvalue weighted by molar-refractivity contribution is -0.136. The maximum Gasteiger partial charge on any atom is 0.307 e. The number of hydrogen-bond acceptors (Lipinski definition) is 3. The van der Waals surface area contributed by atoms with Gasteiger partial charge in [-0.25, -0.2) is 0 Å². The number of aromatic nitrogens is 1. The third kappa shape index (κ3) is 1.48. The molecule has 5 heteroatoms. The van der Waals surface area contributed by atoms with Crippen LogP contribution in [0, 0.1) is 0 Å². The summed E-state index contributed by atoms with van der Waals surface area (Å²) in [6.45, 7) is 0. The zero-order valence-electron chi connectivity index (χ0n) is 7.69. The molecular weight excluding hydrogens is 198 g/mol. The first-order chi connectivity index (χ1) is 7.09. The average molecular weight is 207 g/mol. The Morgan fingerprint density at radius 3 is 2.80 bits per heavy atom. The predicted molar refractivity (Wildman–Crippen MR) is 53.0 cm³/mol. The van der Waals surface area contributed by atoms with Gasteiger partial charge in [0.1, 0.15) is 0 Å². The number of carbonyl (C=O) groups is 1. The molecule has 0 spiro atoms. The standard InChI is InChI=1S/C10H9NO4/c12-8-4-7-5(1-2-11-7)6(10(8)15)3-9(13)14/h1-2,4,11-12,15H,3H2,(H,13,14). The third-order valence-corrected chi connectivity index (χ3v) is 2.24. The van der Waals surface area contributed by atoms with E-state index < -0.39 is 5.97 Å². The van der Waals surface area contributed by atoms with Crippen LogP contribution in [0.4, 0.5) is 0 Å². The monoisotopic (exact) mass is 207 g/mol. The second-order valence-corrected chi connectivity index (χ2v) is 3.23. The van der Waals surface area contributed by atoms with Crippen LogP contribution in [0.5, 0.6) is 11.5 Å². The molecule has 0 saturated carbocycles. The van der Waals surface area contributed by atoms with E-state index in [-0.39, 0.29) is 23.5 Å². The van der Waals surface area contributed by atoms with Gasteiger partial charge in [-0.05, 0) is 6.07 Å². The van der Waals surface area contributed by atoms with Gasteiger partial charge >= 0.3 is 5.97 Å². The van der Waals surface area contributed by atoms with E-state index >= 15 is 0 Å². The van der Waals surface area contributed by atoms with Crippen LogP contribution in [-0.2, 0) is 11.2 Å². The van der Waals surface area contributed by atoms with Gasteiger partial charge < -0.3 is 20.3 Å². The number of aromatic amines is 1. The summed E-state index contributed by atoms with van der Waals surface area (Å²) in [5.74, 6) is -1.75. The highest BCUT2D eigenvalue weighted by Crippen LogP contribution is 2.35. The van der Waals surface area contributed by atoms with Gasteiger partial charge in [0.2, 0.25) is 0 Å². The van der Waals surface area contributed by atoms with Crippen molar-refractivity contribution >= 4 is 16.9 Å². The quantitative estimate of drug-likeness (QED) is 0.557. The summed E-state index contributed by atoms with van der Waals surface area (Å²) < 4.78 is 0. The number of phenols is 2. The Morgan fingerprint density at radius 1 is 1.40 bits per heavy atom.